The van der Waals surface area contributed by atoms with E-state index < -0.39 is 0 Å². The molecule has 1 rings (SSSR count). The first kappa shape index (κ1) is 15.7. The van der Waals surface area contributed by atoms with Crippen LogP contribution >= 0.6 is 12.2 Å². The summed E-state index contributed by atoms with van der Waals surface area (Å²) in [5, 5.41) is 7.19. The Morgan fingerprint density at radius 1 is 1.28 bits per heavy atom. The Kier molecular flexibility index (Phi) is 8.29. The third kappa shape index (κ3) is 6.52. The van der Waals surface area contributed by atoms with E-state index in [1.165, 1.54) is 25.7 Å². The first-order valence-corrected chi connectivity index (χ1v) is 7.35. The summed E-state index contributed by atoms with van der Waals surface area (Å²) in [6.07, 6.45) is 6.48. The summed E-state index contributed by atoms with van der Waals surface area (Å²) in [6.45, 7) is 3.63. The highest BCUT2D eigenvalue weighted by atomic mass is 32.1. The highest BCUT2D eigenvalue weighted by molar-refractivity contribution is 7.80. The summed E-state index contributed by atoms with van der Waals surface area (Å²) in [7, 11) is 3.93. The molecule has 1 saturated carbocycles. The van der Waals surface area contributed by atoms with E-state index in [0.717, 1.165) is 43.8 Å². The molecule has 0 amide bonds. The van der Waals surface area contributed by atoms with Crippen LogP contribution < -0.4 is 10.6 Å². The van der Waals surface area contributed by atoms with Gasteiger partial charge in [0.2, 0.25) is 0 Å². The Bertz CT molecular complexity index is 232. The third-order valence-electron chi connectivity index (χ3n) is 3.51. The molecule has 0 heterocycles. The summed E-state index contributed by atoms with van der Waals surface area (Å²) < 4.78 is 4.98. The van der Waals surface area contributed by atoms with Crippen molar-refractivity contribution in [2.75, 3.05) is 40.4 Å². The molecule has 0 aromatic heterocycles. The zero-order chi connectivity index (χ0) is 13.2. The summed E-state index contributed by atoms with van der Waals surface area (Å²) in [5.74, 6) is 0. The average Bonchev–Trinajstić information content (AvgIpc) is 2.88. The zero-order valence-electron chi connectivity index (χ0n) is 11.7. The maximum absolute atomic E-state index is 5.21. The van der Waals surface area contributed by atoms with Crippen molar-refractivity contribution in [3.63, 3.8) is 0 Å². The van der Waals surface area contributed by atoms with Crippen LogP contribution in [0.5, 0.6) is 0 Å². The van der Waals surface area contributed by atoms with Crippen LogP contribution in [0.2, 0.25) is 0 Å². The van der Waals surface area contributed by atoms with Gasteiger partial charge in [0.1, 0.15) is 0 Å². The van der Waals surface area contributed by atoms with Crippen LogP contribution in [0.4, 0.5) is 0 Å². The predicted octanol–water partition coefficient (Wildman–Crippen LogP) is 1.36. The highest BCUT2D eigenvalue weighted by Gasteiger charge is 2.18. The summed E-state index contributed by atoms with van der Waals surface area (Å²) in [6, 6.07) is 0.787. The van der Waals surface area contributed by atoms with Gasteiger partial charge in [0, 0.05) is 39.4 Å². The van der Waals surface area contributed by atoms with Crippen molar-refractivity contribution in [3.05, 3.63) is 0 Å². The number of thiocarbonyl (C=S) groups is 1. The van der Waals surface area contributed by atoms with Gasteiger partial charge in [-0.05, 0) is 38.5 Å². The molecule has 18 heavy (non-hydrogen) atoms. The summed E-state index contributed by atoms with van der Waals surface area (Å²) in [4.78, 5) is 2.45. The number of rotatable bonds is 8. The second kappa shape index (κ2) is 9.53. The fourth-order valence-electron chi connectivity index (χ4n) is 2.35. The van der Waals surface area contributed by atoms with Crippen molar-refractivity contribution in [2.45, 2.75) is 38.1 Å². The lowest BCUT2D eigenvalue weighted by Gasteiger charge is -2.24. The van der Waals surface area contributed by atoms with Crippen molar-refractivity contribution in [3.8, 4) is 0 Å². The molecule has 0 unspecified atom stereocenters. The van der Waals surface area contributed by atoms with E-state index in [4.69, 9.17) is 17.0 Å². The van der Waals surface area contributed by atoms with Crippen LogP contribution in [0.1, 0.15) is 32.1 Å². The number of nitrogens with one attached hydrogen (secondary N) is 2. The molecular weight excluding hydrogens is 246 g/mol. The van der Waals surface area contributed by atoms with E-state index in [9.17, 15) is 0 Å². The van der Waals surface area contributed by atoms with Gasteiger partial charge in [0.25, 0.3) is 0 Å². The number of hydrogen-bond acceptors (Lipinski definition) is 3. The molecule has 0 aromatic rings. The molecule has 2 N–H and O–H groups in total. The largest absolute Gasteiger partial charge is 0.385 e. The van der Waals surface area contributed by atoms with Gasteiger partial charge in [-0.2, -0.15) is 0 Å². The van der Waals surface area contributed by atoms with Gasteiger partial charge in [0.15, 0.2) is 5.11 Å². The van der Waals surface area contributed by atoms with E-state index in [1.807, 2.05) is 0 Å². The fourth-order valence-corrected chi connectivity index (χ4v) is 2.56. The van der Waals surface area contributed by atoms with Gasteiger partial charge in [0.05, 0.1) is 0 Å². The lowest BCUT2D eigenvalue weighted by Crippen LogP contribution is -2.41. The smallest absolute Gasteiger partial charge is 0.166 e. The number of methoxy groups -OCH3 is 1. The molecule has 1 fully saturated rings. The molecular formula is C13H27N3OS. The van der Waals surface area contributed by atoms with Gasteiger partial charge < -0.3 is 20.3 Å². The molecule has 0 aromatic carbocycles. The third-order valence-corrected chi connectivity index (χ3v) is 3.80. The Hall–Kier alpha value is -0.390. The SMILES string of the molecule is COCCCNC(=S)NCCN(C)C1CCCC1. The molecule has 106 valence electrons. The minimum absolute atomic E-state index is 0.755. The van der Waals surface area contributed by atoms with Crippen molar-refractivity contribution >= 4 is 17.3 Å². The highest BCUT2D eigenvalue weighted by Crippen LogP contribution is 2.21. The lowest BCUT2D eigenvalue weighted by atomic mass is 10.2. The van der Waals surface area contributed by atoms with Crippen LogP contribution in [0, 0.1) is 0 Å². The van der Waals surface area contributed by atoms with E-state index in [0.29, 0.717) is 0 Å². The van der Waals surface area contributed by atoms with E-state index in [1.54, 1.807) is 7.11 Å². The van der Waals surface area contributed by atoms with Gasteiger partial charge in [-0.1, -0.05) is 12.8 Å². The zero-order valence-corrected chi connectivity index (χ0v) is 12.5. The number of nitrogens with zero attached hydrogens (tertiary/aromatic N) is 1. The van der Waals surface area contributed by atoms with Crippen LogP contribution in [0.3, 0.4) is 0 Å². The normalized spacial score (nSPS) is 16.2. The lowest BCUT2D eigenvalue weighted by molar-refractivity contribution is 0.195. The first-order chi connectivity index (χ1) is 8.74. The molecule has 0 saturated heterocycles. The molecule has 0 radical (unpaired) electrons. The van der Waals surface area contributed by atoms with Gasteiger partial charge in [-0.3, -0.25) is 0 Å². The fraction of sp³-hybridized carbons (Fsp3) is 0.923. The minimum atomic E-state index is 0.755. The standard InChI is InChI=1S/C13H27N3OS/c1-16(12-6-3-4-7-12)10-9-15-13(18)14-8-5-11-17-2/h12H,3-11H2,1-2H3,(H2,14,15,18). The molecule has 1 aliphatic carbocycles. The van der Waals surface area contributed by atoms with Crippen LogP contribution in [-0.2, 0) is 4.74 Å². The van der Waals surface area contributed by atoms with E-state index >= 15 is 0 Å². The Labute approximate surface area is 116 Å². The molecule has 1 aliphatic rings. The topological polar surface area (TPSA) is 36.5 Å². The molecule has 0 atom stereocenters. The summed E-state index contributed by atoms with van der Waals surface area (Å²) in [5.41, 5.74) is 0. The molecule has 0 spiro atoms. The quantitative estimate of drug-likeness (QED) is 0.516. The minimum Gasteiger partial charge on any atom is -0.385 e. The Balaban J connectivity index is 1.97. The average molecular weight is 273 g/mol. The molecule has 5 heteroatoms. The molecule has 4 nitrogen and oxygen atoms in total. The molecule has 0 bridgehead atoms. The van der Waals surface area contributed by atoms with E-state index in [-0.39, 0.29) is 0 Å². The van der Waals surface area contributed by atoms with Gasteiger partial charge >= 0.3 is 0 Å². The van der Waals surface area contributed by atoms with Crippen LogP contribution in [-0.4, -0.2) is 56.5 Å². The number of ether oxygens (including phenoxy) is 1. The summed E-state index contributed by atoms with van der Waals surface area (Å²) >= 11 is 5.21. The van der Waals surface area contributed by atoms with Crippen molar-refractivity contribution in [1.82, 2.24) is 15.5 Å². The predicted molar refractivity (Wildman–Crippen MR) is 80.0 cm³/mol. The van der Waals surface area contributed by atoms with Gasteiger partial charge in [-0.25, -0.2) is 0 Å². The van der Waals surface area contributed by atoms with E-state index in [2.05, 4.69) is 22.6 Å². The second-order valence-corrected chi connectivity index (χ2v) is 5.36. The number of likely N-dealkylation sites (N-methyl/N-ethyl adjacent to an activating group) is 1. The maximum atomic E-state index is 5.21. The van der Waals surface area contributed by atoms with Crippen molar-refractivity contribution < 1.29 is 4.74 Å². The first-order valence-electron chi connectivity index (χ1n) is 6.95. The Morgan fingerprint density at radius 2 is 1.94 bits per heavy atom. The van der Waals surface area contributed by atoms with Crippen molar-refractivity contribution in [1.29, 1.82) is 0 Å². The maximum Gasteiger partial charge on any atom is 0.166 e. The van der Waals surface area contributed by atoms with Crippen LogP contribution in [0.15, 0.2) is 0 Å². The van der Waals surface area contributed by atoms with Crippen LogP contribution in [0.25, 0.3) is 0 Å². The number of hydrogen-bond donors (Lipinski definition) is 2. The van der Waals surface area contributed by atoms with Crippen molar-refractivity contribution in [2.24, 2.45) is 0 Å². The Morgan fingerprint density at radius 3 is 2.61 bits per heavy atom. The molecule has 0 aliphatic heterocycles. The second-order valence-electron chi connectivity index (χ2n) is 4.95. The van der Waals surface area contributed by atoms with Gasteiger partial charge in [-0.15, -0.1) is 0 Å². The monoisotopic (exact) mass is 273 g/mol.